The van der Waals surface area contributed by atoms with Gasteiger partial charge in [0.25, 0.3) is 0 Å². The van der Waals surface area contributed by atoms with Crippen LogP contribution in [0.2, 0.25) is 0 Å². The molecule has 3 N–H and O–H groups in total. The molecule has 2 fully saturated rings. The molecule has 3 aliphatic rings. The number of fused-ring (bicyclic) bond motifs is 2. The van der Waals surface area contributed by atoms with Gasteiger partial charge in [0.2, 0.25) is 23.7 Å². The molecule has 0 saturated heterocycles. The van der Waals surface area contributed by atoms with Crippen LogP contribution in [-0.2, 0) is 10.2 Å². The van der Waals surface area contributed by atoms with Crippen molar-refractivity contribution in [2.75, 3.05) is 16.8 Å². The van der Waals surface area contributed by atoms with Crippen molar-refractivity contribution in [3.63, 3.8) is 0 Å². The number of amides is 1. The molecule has 1 spiro atoms. The molecule has 2 aliphatic carbocycles. The summed E-state index contributed by atoms with van der Waals surface area (Å²) in [6, 6.07) is -0.0868. The number of H-pyrrole nitrogens is 1. The molecular weight excluding hydrogens is 422 g/mol. The molecule has 3 heterocycles. The number of aromatic amines is 1. The van der Waals surface area contributed by atoms with Gasteiger partial charge in [-0.05, 0) is 45.4 Å². The number of nitrogens with zero attached hydrogens (tertiary/aromatic N) is 4. The minimum atomic E-state index is -2.82. The number of alkyl halides is 2. The summed E-state index contributed by atoms with van der Waals surface area (Å²) in [4.78, 5) is 24.1. The van der Waals surface area contributed by atoms with E-state index in [-0.39, 0.29) is 30.4 Å². The molecule has 0 unspecified atom stereocenters. The minimum Gasteiger partial charge on any atom is -0.476 e. The molecule has 2 atom stereocenters. The maximum atomic E-state index is 13.3. The van der Waals surface area contributed by atoms with Crippen LogP contribution in [0.5, 0.6) is 5.88 Å². The lowest BCUT2D eigenvalue weighted by molar-refractivity contribution is -0.121. The van der Waals surface area contributed by atoms with Crippen LogP contribution < -0.4 is 15.0 Å². The van der Waals surface area contributed by atoms with Crippen molar-refractivity contribution in [2.45, 2.75) is 75.4 Å². The van der Waals surface area contributed by atoms with Crippen molar-refractivity contribution in [1.29, 1.82) is 0 Å². The predicted molar refractivity (Wildman–Crippen MR) is 111 cm³/mol. The van der Waals surface area contributed by atoms with Crippen LogP contribution in [0, 0.1) is 0 Å². The van der Waals surface area contributed by atoms with Crippen LogP contribution in [0.3, 0.4) is 0 Å². The third-order valence-corrected chi connectivity index (χ3v) is 6.51. The summed E-state index contributed by atoms with van der Waals surface area (Å²) >= 11 is 0. The van der Waals surface area contributed by atoms with Crippen LogP contribution in [-0.4, -0.2) is 55.9 Å². The van der Waals surface area contributed by atoms with Crippen molar-refractivity contribution in [3.8, 4) is 5.88 Å². The van der Waals surface area contributed by atoms with E-state index in [1.54, 1.807) is 11.1 Å². The van der Waals surface area contributed by atoms with Crippen molar-refractivity contribution < 1.29 is 23.4 Å². The van der Waals surface area contributed by atoms with Crippen LogP contribution in [0.15, 0.2) is 12.4 Å². The first-order valence-electron chi connectivity index (χ1n) is 11.0. The Morgan fingerprint density at radius 3 is 2.91 bits per heavy atom. The summed E-state index contributed by atoms with van der Waals surface area (Å²) < 4.78 is 31.5. The lowest BCUT2D eigenvalue weighted by atomic mass is 9.92. The molecule has 32 heavy (non-hydrogen) atoms. The minimum absolute atomic E-state index is 0.0471. The topological polar surface area (TPSA) is 116 Å². The molecule has 2 aromatic rings. The molecular formula is C21H26F2N6O3. The lowest BCUT2D eigenvalue weighted by Crippen LogP contribution is -2.44. The van der Waals surface area contributed by atoms with Gasteiger partial charge < -0.3 is 15.2 Å². The molecule has 5 rings (SSSR count). The Kier molecular flexibility index (Phi) is 5.03. The third kappa shape index (κ3) is 3.78. The van der Waals surface area contributed by atoms with Crippen molar-refractivity contribution in [3.05, 3.63) is 18.0 Å². The lowest BCUT2D eigenvalue weighted by Gasteiger charge is -2.33. The number of carbonyl (C=O) groups excluding carboxylic acids is 1. The van der Waals surface area contributed by atoms with E-state index in [4.69, 9.17) is 4.74 Å². The Hall–Kier alpha value is -2.82. The van der Waals surface area contributed by atoms with E-state index in [0.717, 1.165) is 44.6 Å². The zero-order valence-electron chi connectivity index (χ0n) is 17.8. The number of aromatic nitrogens is 4. The van der Waals surface area contributed by atoms with Crippen LogP contribution >= 0.6 is 0 Å². The SMILES string of the molecule is CC(F)(F)CCOc1[nH]ncc1Nc1ncc2c(n1)N([C@@H]1CCC[C@@H](O)C1)C(=O)C21CC1. The number of rotatable bonds is 7. The van der Waals surface area contributed by atoms with Gasteiger partial charge in [0.1, 0.15) is 11.5 Å². The normalized spacial score (nSPS) is 24.0. The quantitative estimate of drug-likeness (QED) is 0.596. The second-order valence-corrected chi connectivity index (χ2v) is 9.07. The highest BCUT2D eigenvalue weighted by Gasteiger charge is 2.61. The molecule has 0 aromatic carbocycles. The van der Waals surface area contributed by atoms with Gasteiger partial charge in [-0.2, -0.15) is 10.1 Å². The number of aliphatic hydroxyl groups is 1. The molecule has 1 aliphatic heterocycles. The zero-order chi connectivity index (χ0) is 22.5. The maximum absolute atomic E-state index is 13.3. The average Bonchev–Trinajstić information content (AvgIpc) is 3.36. The predicted octanol–water partition coefficient (Wildman–Crippen LogP) is 3.05. The monoisotopic (exact) mass is 448 g/mol. The summed E-state index contributed by atoms with van der Waals surface area (Å²) in [7, 11) is 0. The number of hydrogen-bond donors (Lipinski definition) is 3. The van der Waals surface area contributed by atoms with E-state index in [0.29, 0.717) is 17.9 Å². The number of aliphatic hydroxyl groups excluding tert-OH is 1. The molecule has 9 nitrogen and oxygen atoms in total. The van der Waals surface area contributed by atoms with Gasteiger partial charge in [0.05, 0.1) is 24.3 Å². The van der Waals surface area contributed by atoms with Crippen LogP contribution in [0.4, 0.5) is 26.2 Å². The van der Waals surface area contributed by atoms with E-state index in [2.05, 4.69) is 25.5 Å². The summed E-state index contributed by atoms with van der Waals surface area (Å²) in [5.41, 5.74) is 0.724. The number of halogens is 2. The summed E-state index contributed by atoms with van der Waals surface area (Å²) in [6.07, 6.45) is 6.84. The molecule has 0 radical (unpaired) electrons. The van der Waals surface area contributed by atoms with Gasteiger partial charge >= 0.3 is 0 Å². The van der Waals surface area contributed by atoms with E-state index in [1.807, 2.05) is 0 Å². The fourth-order valence-electron chi connectivity index (χ4n) is 4.64. The fraction of sp³-hybridized carbons (Fsp3) is 0.619. The summed E-state index contributed by atoms with van der Waals surface area (Å²) in [6.45, 7) is 0.659. The smallest absolute Gasteiger partial charge is 0.248 e. The fourth-order valence-corrected chi connectivity index (χ4v) is 4.64. The van der Waals surface area contributed by atoms with Crippen molar-refractivity contribution in [2.24, 2.45) is 0 Å². The first kappa shape index (κ1) is 21.0. The van der Waals surface area contributed by atoms with Crippen molar-refractivity contribution in [1.82, 2.24) is 20.2 Å². The molecule has 172 valence electrons. The number of anilines is 3. The van der Waals surface area contributed by atoms with E-state index in [9.17, 15) is 18.7 Å². The Labute approximate surface area is 183 Å². The number of ether oxygens (including phenoxy) is 1. The largest absolute Gasteiger partial charge is 0.476 e. The van der Waals surface area contributed by atoms with Gasteiger partial charge in [0, 0.05) is 24.2 Å². The Bertz CT molecular complexity index is 1020. The standard InChI is InChI=1S/C21H26F2N6O3/c1-20(22,23)7-8-32-17-15(11-25-28-17)26-19-24-10-14-16(27-19)29(18(31)21(14)5-6-21)12-3-2-4-13(30)9-12/h10-13,30H,2-9H2,1H3,(H,25,28)(H,24,26,27)/t12-,13-/m1/s1. The Morgan fingerprint density at radius 1 is 1.38 bits per heavy atom. The second-order valence-electron chi connectivity index (χ2n) is 9.07. The van der Waals surface area contributed by atoms with Crippen LogP contribution in [0.25, 0.3) is 0 Å². The van der Waals surface area contributed by atoms with E-state index >= 15 is 0 Å². The maximum Gasteiger partial charge on any atom is 0.248 e. The first-order chi connectivity index (χ1) is 15.3. The average molecular weight is 448 g/mol. The zero-order valence-corrected chi connectivity index (χ0v) is 17.8. The van der Waals surface area contributed by atoms with Gasteiger partial charge in [0.15, 0.2) is 0 Å². The summed E-state index contributed by atoms with van der Waals surface area (Å²) in [5, 5.41) is 19.7. The van der Waals surface area contributed by atoms with Gasteiger partial charge in [-0.1, -0.05) is 0 Å². The number of nitrogens with one attached hydrogen (secondary N) is 2. The highest BCUT2D eigenvalue weighted by molar-refractivity contribution is 6.09. The Morgan fingerprint density at radius 2 is 2.19 bits per heavy atom. The van der Waals surface area contributed by atoms with Gasteiger partial charge in [-0.15, -0.1) is 0 Å². The molecule has 2 saturated carbocycles. The first-order valence-corrected chi connectivity index (χ1v) is 11.0. The van der Waals surface area contributed by atoms with E-state index < -0.39 is 23.9 Å². The van der Waals surface area contributed by atoms with Crippen LogP contribution in [0.1, 0.15) is 57.4 Å². The highest BCUT2D eigenvalue weighted by Crippen LogP contribution is 2.57. The summed E-state index contributed by atoms with van der Waals surface area (Å²) in [5.74, 6) is -1.73. The van der Waals surface area contributed by atoms with Gasteiger partial charge in [-0.25, -0.2) is 18.9 Å². The van der Waals surface area contributed by atoms with Crippen molar-refractivity contribution >= 4 is 23.4 Å². The third-order valence-electron chi connectivity index (χ3n) is 6.51. The van der Waals surface area contributed by atoms with E-state index in [1.165, 1.54) is 6.20 Å². The molecule has 11 heteroatoms. The number of carbonyl (C=O) groups is 1. The highest BCUT2D eigenvalue weighted by atomic mass is 19.3. The molecule has 0 bridgehead atoms. The Balaban J connectivity index is 1.37. The second kappa shape index (κ2) is 7.65. The number of hydrogen-bond acceptors (Lipinski definition) is 7. The molecule has 2 aromatic heterocycles. The molecule has 1 amide bonds. The van der Waals surface area contributed by atoms with Gasteiger partial charge in [-0.3, -0.25) is 9.69 Å².